The molecule has 2 aromatic rings. The zero-order chi connectivity index (χ0) is 16.4. The fourth-order valence-electron chi connectivity index (χ4n) is 3.24. The molecule has 2 N–H and O–H groups in total. The number of carbonyl (C=O) groups excluding carboxylic acids is 1. The number of rotatable bonds is 3. The highest BCUT2D eigenvalue weighted by atomic mass is 16.4. The van der Waals surface area contributed by atoms with Crippen LogP contribution in [-0.4, -0.2) is 34.6 Å². The van der Waals surface area contributed by atoms with E-state index in [0.29, 0.717) is 13.0 Å². The lowest BCUT2D eigenvalue weighted by Crippen LogP contribution is -2.46. The highest BCUT2D eigenvalue weighted by Crippen LogP contribution is 2.25. The standard InChI is InChI=1S/C18H20N2O3/c1-12(14-9-4-7-13-6-2-3-8-15(13)14)19-18(23)20-11-5-10-16(20)17(21)22/h2-4,6-9,12,16H,5,10-11H2,1H3,(H,19,23)(H,21,22). The summed E-state index contributed by atoms with van der Waals surface area (Å²) in [6.45, 7) is 2.41. The first-order chi connectivity index (χ1) is 11.1. The summed E-state index contributed by atoms with van der Waals surface area (Å²) in [5.41, 5.74) is 1.03. The van der Waals surface area contributed by atoms with Gasteiger partial charge in [0.2, 0.25) is 0 Å². The number of urea groups is 1. The number of hydrogen-bond acceptors (Lipinski definition) is 2. The first-order valence-corrected chi connectivity index (χ1v) is 7.85. The molecule has 2 aromatic carbocycles. The first-order valence-electron chi connectivity index (χ1n) is 7.85. The topological polar surface area (TPSA) is 69.6 Å². The quantitative estimate of drug-likeness (QED) is 0.914. The molecule has 1 fully saturated rings. The van der Waals surface area contributed by atoms with Gasteiger partial charge in [0.15, 0.2) is 0 Å². The second-order valence-corrected chi connectivity index (χ2v) is 5.93. The second-order valence-electron chi connectivity index (χ2n) is 5.93. The first kappa shape index (κ1) is 15.3. The number of amides is 2. The maximum absolute atomic E-state index is 12.4. The van der Waals surface area contributed by atoms with Crippen molar-refractivity contribution in [1.82, 2.24) is 10.2 Å². The number of carboxylic acid groups (broad SMARTS) is 1. The number of aliphatic carboxylic acids is 1. The van der Waals surface area contributed by atoms with Crippen LogP contribution in [0.3, 0.4) is 0 Å². The van der Waals surface area contributed by atoms with Crippen LogP contribution in [0.5, 0.6) is 0 Å². The average Bonchev–Trinajstić information content (AvgIpc) is 3.04. The van der Waals surface area contributed by atoms with Gasteiger partial charge in [0.25, 0.3) is 0 Å². The van der Waals surface area contributed by atoms with E-state index in [-0.39, 0.29) is 12.1 Å². The molecule has 0 aliphatic carbocycles. The van der Waals surface area contributed by atoms with Crippen LogP contribution >= 0.6 is 0 Å². The molecule has 1 aliphatic heterocycles. The lowest BCUT2D eigenvalue weighted by Gasteiger charge is -2.25. The number of likely N-dealkylation sites (tertiary alicyclic amines) is 1. The van der Waals surface area contributed by atoms with Gasteiger partial charge in [-0.1, -0.05) is 42.5 Å². The molecule has 1 heterocycles. The lowest BCUT2D eigenvalue weighted by atomic mass is 10.00. The van der Waals surface area contributed by atoms with Crippen LogP contribution in [0, 0.1) is 0 Å². The average molecular weight is 312 g/mol. The van der Waals surface area contributed by atoms with Crippen molar-refractivity contribution in [3.05, 3.63) is 48.0 Å². The smallest absolute Gasteiger partial charge is 0.326 e. The molecule has 5 nitrogen and oxygen atoms in total. The molecular formula is C18H20N2O3. The van der Waals surface area contributed by atoms with Gasteiger partial charge in [-0.05, 0) is 36.1 Å². The molecule has 0 spiro atoms. The predicted molar refractivity (Wildman–Crippen MR) is 88.3 cm³/mol. The summed E-state index contributed by atoms with van der Waals surface area (Å²) in [5, 5.41) is 14.4. The SMILES string of the molecule is CC(NC(=O)N1CCCC1C(=O)O)c1cccc2ccccc12. The van der Waals surface area contributed by atoms with Crippen molar-refractivity contribution < 1.29 is 14.7 Å². The molecule has 23 heavy (non-hydrogen) atoms. The van der Waals surface area contributed by atoms with E-state index in [4.69, 9.17) is 0 Å². The summed E-state index contributed by atoms with van der Waals surface area (Å²) in [4.78, 5) is 25.1. The van der Waals surface area contributed by atoms with Gasteiger partial charge in [-0.3, -0.25) is 0 Å². The Morgan fingerprint density at radius 2 is 1.96 bits per heavy atom. The minimum Gasteiger partial charge on any atom is -0.480 e. The number of nitrogens with zero attached hydrogens (tertiary/aromatic N) is 1. The molecule has 1 aliphatic rings. The molecular weight excluding hydrogens is 292 g/mol. The Morgan fingerprint density at radius 1 is 1.22 bits per heavy atom. The van der Waals surface area contributed by atoms with Crippen molar-refractivity contribution in [2.45, 2.75) is 31.8 Å². The Bertz CT molecular complexity index is 739. The van der Waals surface area contributed by atoms with Gasteiger partial charge in [0.1, 0.15) is 6.04 Å². The van der Waals surface area contributed by atoms with Crippen LogP contribution in [0.1, 0.15) is 31.4 Å². The van der Waals surface area contributed by atoms with E-state index >= 15 is 0 Å². The van der Waals surface area contributed by atoms with Crippen molar-refractivity contribution >= 4 is 22.8 Å². The third-order valence-electron chi connectivity index (χ3n) is 4.43. The van der Waals surface area contributed by atoms with Crippen LogP contribution < -0.4 is 5.32 Å². The van der Waals surface area contributed by atoms with E-state index < -0.39 is 12.0 Å². The maximum atomic E-state index is 12.4. The number of carboxylic acids is 1. The molecule has 0 saturated carbocycles. The number of hydrogen-bond donors (Lipinski definition) is 2. The van der Waals surface area contributed by atoms with E-state index in [9.17, 15) is 14.7 Å². The zero-order valence-electron chi connectivity index (χ0n) is 13.0. The third kappa shape index (κ3) is 2.99. The molecule has 2 amide bonds. The highest BCUT2D eigenvalue weighted by molar-refractivity contribution is 5.87. The normalized spacial score (nSPS) is 18.8. The predicted octanol–water partition coefficient (Wildman–Crippen LogP) is 3.16. The van der Waals surface area contributed by atoms with E-state index in [1.54, 1.807) is 0 Å². The minimum atomic E-state index is -0.935. The van der Waals surface area contributed by atoms with Crippen molar-refractivity contribution in [2.75, 3.05) is 6.54 Å². The molecule has 120 valence electrons. The molecule has 0 bridgehead atoms. The lowest BCUT2D eigenvalue weighted by molar-refractivity contribution is -0.141. The van der Waals surface area contributed by atoms with Crippen molar-refractivity contribution in [3.63, 3.8) is 0 Å². The number of fused-ring (bicyclic) bond motifs is 1. The van der Waals surface area contributed by atoms with Gasteiger partial charge >= 0.3 is 12.0 Å². The fraction of sp³-hybridized carbons (Fsp3) is 0.333. The Hall–Kier alpha value is -2.56. The molecule has 0 radical (unpaired) electrons. The van der Waals surface area contributed by atoms with Gasteiger partial charge in [0.05, 0.1) is 6.04 Å². The highest BCUT2D eigenvalue weighted by Gasteiger charge is 2.34. The van der Waals surface area contributed by atoms with E-state index in [1.165, 1.54) is 4.90 Å². The summed E-state index contributed by atoms with van der Waals surface area (Å²) in [6, 6.07) is 12.8. The summed E-state index contributed by atoms with van der Waals surface area (Å²) < 4.78 is 0. The Balaban J connectivity index is 1.79. The molecule has 2 atom stereocenters. The van der Waals surface area contributed by atoms with Gasteiger partial charge < -0.3 is 15.3 Å². The van der Waals surface area contributed by atoms with Crippen LogP contribution in [-0.2, 0) is 4.79 Å². The fourth-order valence-corrected chi connectivity index (χ4v) is 3.24. The Kier molecular flexibility index (Phi) is 4.19. The van der Waals surface area contributed by atoms with Gasteiger partial charge in [-0.2, -0.15) is 0 Å². The van der Waals surface area contributed by atoms with Crippen molar-refractivity contribution in [3.8, 4) is 0 Å². The zero-order valence-corrected chi connectivity index (χ0v) is 13.0. The van der Waals surface area contributed by atoms with Gasteiger partial charge in [-0.15, -0.1) is 0 Å². The largest absolute Gasteiger partial charge is 0.480 e. The summed E-state index contributed by atoms with van der Waals surface area (Å²) in [7, 11) is 0. The van der Waals surface area contributed by atoms with Crippen molar-refractivity contribution in [2.24, 2.45) is 0 Å². The number of benzene rings is 2. The van der Waals surface area contributed by atoms with Crippen LogP contribution in [0.15, 0.2) is 42.5 Å². The van der Waals surface area contributed by atoms with Crippen LogP contribution in [0.2, 0.25) is 0 Å². The molecule has 2 unspecified atom stereocenters. The van der Waals surface area contributed by atoms with Gasteiger partial charge in [0, 0.05) is 6.54 Å². The van der Waals surface area contributed by atoms with E-state index in [0.717, 1.165) is 22.8 Å². The summed E-state index contributed by atoms with van der Waals surface area (Å²) in [5.74, 6) is -0.935. The second kappa shape index (κ2) is 6.28. The van der Waals surface area contributed by atoms with Crippen LogP contribution in [0.4, 0.5) is 4.79 Å². The Labute approximate surface area is 134 Å². The van der Waals surface area contributed by atoms with Crippen molar-refractivity contribution in [1.29, 1.82) is 0 Å². The van der Waals surface area contributed by atoms with E-state index in [2.05, 4.69) is 5.32 Å². The van der Waals surface area contributed by atoms with Crippen LogP contribution in [0.25, 0.3) is 10.8 Å². The minimum absolute atomic E-state index is 0.191. The summed E-state index contributed by atoms with van der Waals surface area (Å²) >= 11 is 0. The monoisotopic (exact) mass is 312 g/mol. The molecule has 0 aromatic heterocycles. The number of nitrogens with one attached hydrogen (secondary N) is 1. The molecule has 5 heteroatoms. The number of carbonyl (C=O) groups is 2. The maximum Gasteiger partial charge on any atom is 0.326 e. The van der Waals surface area contributed by atoms with Gasteiger partial charge in [-0.25, -0.2) is 9.59 Å². The van der Waals surface area contributed by atoms with E-state index in [1.807, 2.05) is 49.4 Å². The Morgan fingerprint density at radius 3 is 2.74 bits per heavy atom. The molecule has 1 saturated heterocycles. The molecule has 3 rings (SSSR count). The summed E-state index contributed by atoms with van der Waals surface area (Å²) in [6.07, 6.45) is 1.25. The third-order valence-corrected chi connectivity index (χ3v) is 4.43.